The molecule has 0 saturated carbocycles. The van der Waals surface area contributed by atoms with Crippen LogP contribution in [0.5, 0.6) is 0 Å². The van der Waals surface area contributed by atoms with Gasteiger partial charge in [-0.1, -0.05) is 48.5 Å². The van der Waals surface area contributed by atoms with Crippen LogP contribution < -0.4 is 11.1 Å². The molecule has 2 heterocycles. The lowest BCUT2D eigenvalue weighted by atomic mass is 10.1. The van der Waals surface area contributed by atoms with E-state index < -0.39 is 0 Å². The van der Waals surface area contributed by atoms with Gasteiger partial charge in [0.2, 0.25) is 5.95 Å². The Labute approximate surface area is 134 Å². The molecule has 3 N–H and O–H groups in total. The van der Waals surface area contributed by atoms with Gasteiger partial charge in [0.1, 0.15) is 0 Å². The molecule has 0 unspecified atom stereocenters. The molecule has 0 spiro atoms. The van der Waals surface area contributed by atoms with Crippen molar-refractivity contribution in [1.82, 2.24) is 9.55 Å². The van der Waals surface area contributed by atoms with Gasteiger partial charge in [-0.25, -0.2) is 9.98 Å². The van der Waals surface area contributed by atoms with Crippen molar-refractivity contribution < 1.29 is 0 Å². The lowest BCUT2D eigenvalue weighted by molar-refractivity contribution is 0.616. The number of hydrogen-bond donors (Lipinski definition) is 2. The van der Waals surface area contributed by atoms with Crippen molar-refractivity contribution in [2.24, 2.45) is 10.7 Å². The fourth-order valence-corrected chi connectivity index (χ4v) is 2.91. The first kappa shape index (κ1) is 13.6. The van der Waals surface area contributed by atoms with Gasteiger partial charge in [-0.2, -0.15) is 0 Å². The Balaban J connectivity index is 1.85. The van der Waals surface area contributed by atoms with Gasteiger partial charge in [-0.15, -0.1) is 0 Å². The fraction of sp³-hybridized carbons (Fsp3) is 0.111. The second kappa shape index (κ2) is 5.28. The van der Waals surface area contributed by atoms with E-state index in [-0.39, 0.29) is 6.17 Å². The first-order chi connectivity index (χ1) is 11.2. The molecule has 23 heavy (non-hydrogen) atoms. The molecule has 114 valence electrons. The van der Waals surface area contributed by atoms with E-state index >= 15 is 0 Å². The number of aromatic nitrogens is 2. The normalized spacial score (nSPS) is 17.5. The standard InChI is InChI=1S/C18H17N5/c1-12(11-13-7-3-2-4-8-13)16-21-17(19)22-18-20-14-9-5-6-10-15(14)23(16)18/h2-11,16H,1H3,(H3,19,20,21,22)/b12-11-/t16-/m1/s1. The zero-order valence-electron chi connectivity index (χ0n) is 12.8. The Morgan fingerprint density at radius 2 is 1.87 bits per heavy atom. The molecule has 0 aliphatic carbocycles. The minimum Gasteiger partial charge on any atom is -0.370 e. The number of para-hydroxylation sites is 2. The number of fused-ring (bicyclic) bond motifs is 3. The van der Waals surface area contributed by atoms with Crippen molar-refractivity contribution in [2.75, 3.05) is 5.32 Å². The van der Waals surface area contributed by atoms with Gasteiger partial charge in [0, 0.05) is 0 Å². The number of hydrogen-bond acceptors (Lipinski definition) is 4. The summed E-state index contributed by atoms with van der Waals surface area (Å²) in [5.41, 5.74) is 10.2. The maximum Gasteiger partial charge on any atom is 0.212 e. The van der Waals surface area contributed by atoms with Crippen LogP contribution in [-0.4, -0.2) is 15.5 Å². The van der Waals surface area contributed by atoms with E-state index in [1.54, 1.807) is 0 Å². The SMILES string of the molecule is C/C(=C/c1ccccc1)[C@@H]1N=C(N)Nc2nc3ccccc3n21. The van der Waals surface area contributed by atoms with Crippen LogP contribution in [0.3, 0.4) is 0 Å². The van der Waals surface area contributed by atoms with Crippen molar-refractivity contribution in [1.29, 1.82) is 0 Å². The lowest BCUT2D eigenvalue weighted by Gasteiger charge is -2.24. The largest absolute Gasteiger partial charge is 0.370 e. The second-order valence-corrected chi connectivity index (χ2v) is 5.61. The molecule has 1 aliphatic heterocycles. The van der Waals surface area contributed by atoms with E-state index in [4.69, 9.17) is 5.73 Å². The summed E-state index contributed by atoms with van der Waals surface area (Å²) >= 11 is 0. The number of rotatable bonds is 2. The summed E-state index contributed by atoms with van der Waals surface area (Å²) in [5.74, 6) is 1.11. The van der Waals surface area contributed by atoms with Crippen LogP contribution >= 0.6 is 0 Å². The highest BCUT2D eigenvalue weighted by Crippen LogP contribution is 2.32. The van der Waals surface area contributed by atoms with Gasteiger partial charge >= 0.3 is 0 Å². The molecule has 0 radical (unpaired) electrons. The van der Waals surface area contributed by atoms with Crippen LogP contribution in [-0.2, 0) is 0 Å². The first-order valence-corrected chi connectivity index (χ1v) is 7.53. The Morgan fingerprint density at radius 1 is 1.13 bits per heavy atom. The van der Waals surface area contributed by atoms with E-state index in [0.29, 0.717) is 5.96 Å². The van der Waals surface area contributed by atoms with E-state index in [0.717, 1.165) is 28.1 Å². The average Bonchev–Trinajstić information content (AvgIpc) is 2.93. The molecular weight excluding hydrogens is 286 g/mol. The predicted molar refractivity (Wildman–Crippen MR) is 94.1 cm³/mol. The van der Waals surface area contributed by atoms with E-state index in [9.17, 15) is 0 Å². The minimum atomic E-state index is -0.196. The third-order valence-corrected chi connectivity index (χ3v) is 3.94. The Hall–Kier alpha value is -3.08. The van der Waals surface area contributed by atoms with Crippen molar-refractivity contribution in [3.63, 3.8) is 0 Å². The Morgan fingerprint density at radius 3 is 2.70 bits per heavy atom. The van der Waals surface area contributed by atoms with Crippen molar-refractivity contribution in [3.8, 4) is 0 Å². The Kier molecular flexibility index (Phi) is 3.12. The van der Waals surface area contributed by atoms with Crippen molar-refractivity contribution in [3.05, 3.63) is 65.7 Å². The zero-order valence-corrected chi connectivity index (χ0v) is 12.8. The number of guanidine groups is 1. The molecule has 2 aromatic carbocycles. The number of nitrogens with zero attached hydrogens (tertiary/aromatic N) is 3. The highest BCUT2D eigenvalue weighted by Gasteiger charge is 2.24. The predicted octanol–water partition coefficient (Wildman–Crippen LogP) is 3.38. The molecule has 1 aromatic heterocycles. The smallest absolute Gasteiger partial charge is 0.212 e. The summed E-state index contributed by atoms with van der Waals surface area (Å²) in [5, 5.41) is 3.05. The number of nitrogens with one attached hydrogen (secondary N) is 1. The fourth-order valence-electron chi connectivity index (χ4n) is 2.91. The topological polar surface area (TPSA) is 68.2 Å². The summed E-state index contributed by atoms with van der Waals surface area (Å²) in [4.78, 5) is 9.19. The summed E-state index contributed by atoms with van der Waals surface area (Å²) in [6, 6.07) is 18.2. The number of aliphatic imine (C=N–C) groups is 1. The summed E-state index contributed by atoms with van der Waals surface area (Å²) < 4.78 is 2.08. The van der Waals surface area contributed by atoms with Crippen LogP contribution in [0.25, 0.3) is 17.1 Å². The van der Waals surface area contributed by atoms with Gasteiger partial charge in [0.25, 0.3) is 0 Å². The number of nitrogens with two attached hydrogens (primary N) is 1. The van der Waals surface area contributed by atoms with E-state index in [1.807, 2.05) is 42.5 Å². The van der Waals surface area contributed by atoms with Gasteiger partial charge in [-0.05, 0) is 30.2 Å². The van der Waals surface area contributed by atoms with Gasteiger partial charge in [0.15, 0.2) is 12.1 Å². The highest BCUT2D eigenvalue weighted by molar-refractivity contribution is 5.94. The molecule has 4 rings (SSSR count). The molecule has 5 nitrogen and oxygen atoms in total. The quantitative estimate of drug-likeness (QED) is 0.762. The molecule has 3 aromatic rings. The summed E-state index contributed by atoms with van der Waals surface area (Å²) in [6.45, 7) is 2.07. The zero-order chi connectivity index (χ0) is 15.8. The summed E-state index contributed by atoms with van der Waals surface area (Å²) in [6.07, 6.45) is 1.93. The van der Waals surface area contributed by atoms with Crippen LogP contribution in [0, 0.1) is 0 Å². The molecule has 0 bridgehead atoms. The highest BCUT2D eigenvalue weighted by atomic mass is 15.4. The van der Waals surface area contributed by atoms with Gasteiger partial charge in [0.05, 0.1) is 11.0 Å². The molecule has 1 aliphatic rings. The molecule has 0 saturated heterocycles. The molecule has 1 atom stereocenters. The van der Waals surface area contributed by atoms with Crippen LogP contribution in [0.15, 0.2) is 65.2 Å². The van der Waals surface area contributed by atoms with Crippen LogP contribution in [0.4, 0.5) is 5.95 Å². The molecule has 0 fully saturated rings. The number of anilines is 1. The van der Waals surface area contributed by atoms with E-state index in [1.165, 1.54) is 0 Å². The van der Waals surface area contributed by atoms with Crippen molar-refractivity contribution in [2.45, 2.75) is 13.1 Å². The van der Waals surface area contributed by atoms with E-state index in [2.05, 4.69) is 45.0 Å². The monoisotopic (exact) mass is 303 g/mol. The molecular formula is C18H17N5. The molecule has 0 amide bonds. The number of imidazole rings is 1. The third kappa shape index (κ3) is 2.36. The van der Waals surface area contributed by atoms with Crippen LogP contribution in [0.1, 0.15) is 18.7 Å². The summed E-state index contributed by atoms with van der Waals surface area (Å²) in [7, 11) is 0. The Bertz CT molecular complexity index is 921. The minimum absolute atomic E-state index is 0.196. The van der Waals surface area contributed by atoms with Crippen LogP contribution in [0.2, 0.25) is 0 Å². The maximum atomic E-state index is 5.95. The van der Waals surface area contributed by atoms with Gasteiger partial charge in [-0.3, -0.25) is 9.88 Å². The average molecular weight is 303 g/mol. The number of benzene rings is 2. The third-order valence-electron chi connectivity index (χ3n) is 3.94. The maximum absolute atomic E-state index is 5.95. The van der Waals surface area contributed by atoms with Crippen molar-refractivity contribution >= 4 is 29.0 Å². The molecule has 5 heteroatoms. The first-order valence-electron chi connectivity index (χ1n) is 7.53. The van der Waals surface area contributed by atoms with Gasteiger partial charge < -0.3 is 5.73 Å². The second-order valence-electron chi connectivity index (χ2n) is 5.61. The lowest BCUT2D eigenvalue weighted by Crippen LogP contribution is -2.31.